The van der Waals surface area contributed by atoms with Crippen LogP contribution in [0.25, 0.3) is 0 Å². The molecule has 13 heavy (non-hydrogen) atoms. The summed E-state index contributed by atoms with van der Waals surface area (Å²) in [6, 6.07) is 9.21. The van der Waals surface area contributed by atoms with Crippen LogP contribution in [0.3, 0.4) is 0 Å². The van der Waals surface area contributed by atoms with Gasteiger partial charge in [-0.15, -0.1) is 0 Å². The number of hydrogen-bond donors (Lipinski definition) is 1. The second-order valence-corrected chi connectivity index (χ2v) is 3.18. The van der Waals surface area contributed by atoms with Crippen molar-refractivity contribution >= 4 is 5.97 Å². The molecule has 1 aliphatic rings. The Kier molecular flexibility index (Phi) is 2.02. The molecule has 1 aromatic carbocycles. The van der Waals surface area contributed by atoms with Crippen molar-refractivity contribution in [1.82, 2.24) is 0 Å². The lowest BCUT2D eigenvalue weighted by atomic mass is 10.1. The molecule has 0 radical (unpaired) electrons. The SMILES string of the molecule is N[C@H]1C[C@@H](c2ccccc2)OC1=O. The van der Waals surface area contributed by atoms with Gasteiger partial charge < -0.3 is 10.5 Å². The van der Waals surface area contributed by atoms with Gasteiger partial charge in [0.2, 0.25) is 0 Å². The minimum atomic E-state index is -0.454. The summed E-state index contributed by atoms with van der Waals surface area (Å²) in [5, 5.41) is 0. The molecule has 0 saturated carbocycles. The Bertz CT molecular complexity index is 310. The molecule has 1 fully saturated rings. The molecule has 0 aliphatic carbocycles. The van der Waals surface area contributed by atoms with Gasteiger partial charge >= 0.3 is 5.97 Å². The molecular weight excluding hydrogens is 166 g/mol. The lowest BCUT2D eigenvalue weighted by molar-refractivity contribution is -0.142. The van der Waals surface area contributed by atoms with E-state index in [4.69, 9.17) is 10.5 Å². The van der Waals surface area contributed by atoms with Gasteiger partial charge in [-0.05, 0) is 5.56 Å². The van der Waals surface area contributed by atoms with Gasteiger partial charge in [-0.3, -0.25) is 4.79 Å². The first kappa shape index (κ1) is 8.26. The Morgan fingerprint density at radius 3 is 2.54 bits per heavy atom. The minimum Gasteiger partial charge on any atom is -0.456 e. The van der Waals surface area contributed by atoms with E-state index in [0.29, 0.717) is 6.42 Å². The van der Waals surface area contributed by atoms with E-state index in [-0.39, 0.29) is 12.1 Å². The summed E-state index contributed by atoms with van der Waals surface area (Å²) in [5.41, 5.74) is 6.55. The molecule has 2 N–H and O–H groups in total. The average Bonchev–Trinajstić information content (AvgIpc) is 2.49. The van der Waals surface area contributed by atoms with Crippen molar-refractivity contribution < 1.29 is 9.53 Å². The van der Waals surface area contributed by atoms with Crippen molar-refractivity contribution in [2.75, 3.05) is 0 Å². The summed E-state index contributed by atoms with van der Waals surface area (Å²) in [6.45, 7) is 0. The highest BCUT2D eigenvalue weighted by Crippen LogP contribution is 2.28. The van der Waals surface area contributed by atoms with Gasteiger partial charge in [0.25, 0.3) is 0 Å². The number of rotatable bonds is 1. The van der Waals surface area contributed by atoms with Gasteiger partial charge in [-0.25, -0.2) is 0 Å². The fourth-order valence-corrected chi connectivity index (χ4v) is 1.47. The third kappa shape index (κ3) is 1.55. The van der Waals surface area contributed by atoms with E-state index < -0.39 is 6.04 Å². The summed E-state index contributed by atoms with van der Waals surface area (Å²) < 4.78 is 5.10. The first-order chi connectivity index (χ1) is 6.27. The molecule has 1 aromatic rings. The number of hydrogen-bond acceptors (Lipinski definition) is 3. The molecule has 3 nitrogen and oxygen atoms in total. The van der Waals surface area contributed by atoms with Crippen LogP contribution in [0, 0.1) is 0 Å². The maximum Gasteiger partial charge on any atom is 0.323 e. The Morgan fingerprint density at radius 1 is 1.31 bits per heavy atom. The third-order valence-corrected chi connectivity index (χ3v) is 2.20. The number of ether oxygens (including phenoxy) is 1. The van der Waals surface area contributed by atoms with E-state index in [1.54, 1.807) is 0 Å². The number of carbonyl (C=O) groups is 1. The molecule has 0 amide bonds. The van der Waals surface area contributed by atoms with Gasteiger partial charge in [0.15, 0.2) is 0 Å². The van der Waals surface area contributed by atoms with Gasteiger partial charge in [-0.1, -0.05) is 30.3 Å². The van der Waals surface area contributed by atoms with E-state index >= 15 is 0 Å². The maximum absolute atomic E-state index is 11.0. The van der Waals surface area contributed by atoms with Crippen molar-refractivity contribution in [3.63, 3.8) is 0 Å². The van der Waals surface area contributed by atoms with Gasteiger partial charge in [0.05, 0.1) is 0 Å². The molecule has 1 heterocycles. The van der Waals surface area contributed by atoms with Crippen LogP contribution >= 0.6 is 0 Å². The number of cyclic esters (lactones) is 1. The van der Waals surface area contributed by atoms with E-state index in [2.05, 4.69) is 0 Å². The predicted octanol–water partition coefficient (Wildman–Crippen LogP) is 1.00. The smallest absolute Gasteiger partial charge is 0.323 e. The molecule has 2 atom stereocenters. The fraction of sp³-hybridized carbons (Fsp3) is 0.300. The van der Waals surface area contributed by atoms with Crippen LogP contribution in [0.15, 0.2) is 30.3 Å². The predicted molar refractivity (Wildman–Crippen MR) is 47.9 cm³/mol. The first-order valence-corrected chi connectivity index (χ1v) is 4.28. The van der Waals surface area contributed by atoms with Crippen LogP contribution in [0.5, 0.6) is 0 Å². The van der Waals surface area contributed by atoms with Crippen LogP contribution < -0.4 is 5.73 Å². The van der Waals surface area contributed by atoms with Crippen LogP contribution in [-0.2, 0) is 9.53 Å². The largest absolute Gasteiger partial charge is 0.456 e. The zero-order valence-corrected chi connectivity index (χ0v) is 7.14. The summed E-state index contributed by atoms with van der Waals surface area (Å²) in [7, 11) is 0. The van der Waals surface area contributed by atoms with E-state index in [1.807, 2.05) is 30.3 Å². The summed E-state index contributed by atoms with van der Waals surface area (Å²) in [6.07, 6.45) is 0.437. The average molecular weight is 177 g/mol. The maximum atomic E-state index is 11.0. The number of carbonyl (C=O) groups excluding carboxylic acids is 1. The number of benzene rings is 1. The van der Waals surface area contributed by atoms with Crippen molar-refractivity contribution in [3.05, 3.63) is 35.9 Å². The van der Waals surface area contributed by atoms with Crippen molar-refractivity contribution in [2.24, 2.45) is 5.73 Å². The lowest BCUT2D eigenvalue weighted by Gasteiger charge is -2.07. The molecule has 68 valence electrons. The zero-order chi connectivity index (χ0) is 9.26. The molecule has 1 aliphatic heterocycles. The topological polar surface area (TPSA) is 52.3 Å². The van der Waals surface area contributed by atoms with Crippen LogP contribution in [0.2, 0.25) is 0 Å². The molecule has 2 rings (SSSR count). The minimum absolute atomic E-state index is 0.149. The van der Waals surface area contributed by atoms with E-state index in [9.17, 15) is 4.79 Å². The highest BCUT2D eigenvalue weighted by Gasteiger charge is 2.32. The molecule has 3 heteroatoms. The molecule has 1 saturated heterocycles. The van der Waals surface area contributed by atoms with Gasteiger partial charge in [0.1, 0.15) is 12.1 Å². The van der Waals surface area contributed by atoms with Crippen molar-refractivity contribution in [3.8, 4) is 0 Å². The normalized spacial score (nSPS) is 27.3. The van der Waals surface area contributed by atoms with Crippen LogP contribution in [-0.4, -0.2) is 12.0 Å². The Morgan fingerprint density at radius 2 is 2.00 bits per heavy atom. The lowest BCUT2D eigenvalue weighted by Crippen LogP contribution is -2.24. The van der Waals surface area contributed by atoms with Gasteiger partial charge in [0, 0.05) is 6.42 Å². The summed E-state index contributed by atoms with van der Waals surface area (Å²) in [5.74, 6) is -0.297. The molecule has 0 spiro atoms. The number of esters is 1. The standard InChI is InChI=1S/C10H11NO2/c11-8-6-9(13-10(8)12)7-4-2-1-3-5-7/h1-5,8-9H,6,11H2/t8-,9-/m0/s1. The zero-order valence-electron chi connectivity index (χ0n) is 7.14. The van der Waals surface area contributed by atoms with E-state index in [1.165, 1.54) is 0 Å². The first-order valence-electron chi connectivity index (χ1n) is 4.28. The molecule has 0 unspecified atom stereocenters. The highest BCUT2D eigenvalue weighted by atomic mass is 16.6. The van der Waals surface area contributed by atoms with Crippen molar-refractivity contribution in [2.45, 2.75) is 18.6 Å². The highest BCUT2D eigenvalue weighted by molar-refractivity contribution is 5.77. The van der Waals surface area contributed by atoms with Crippen molar-refractivity contribution in [1.29, 1.82) is 0 Å². The van der Waals surface area contributed by atoms with E-state index in [0.717, 1.165) is 5.56 Å². The monoisotopic (exact) mass is 177 g/mol. The summed E-state index contributed by atoms with van der Waals surface area (Å²) in [4.78, 5) is 11.0. The number of nitrogens with two attached hydrogens (primary N) is 1. The molecule has 0 bridgehead atoms. The molecular formula is C10H11NO2. The van der Waals surface area contributed by atoms with Gasteiger partial charge in [-0.2, -0.15) is 0 Å². The Hall–Kier alpha value is -1.35. The fourth-order valence-electron chi connectivity index (χ4n) is 1.47. The third-order valence-electron chi connectivity index (χ3n) is 2.20. The second kappa shape index (κ2) is 3.18. The Labute approximate surface area is 76.5 Å². The quantitative estimate of drug-likeness (QED) is 0.651. The second-order valence-electron chi connectivity index (χ2n) is 3.18. The summed E-state index contributed by atoms with van der Waals surface area (Å²) >= 11 is 0. The molecule has 0 aromatic heterocycles. The Balaban J connectivity index is 2.17. The van der Waals surface area contributed by atoms with Crippen LogP contribution in [0.1, 0.15) is 18.1 Å². The van der Waals surface area contributed by atoms with Crippen LogP contribution in [0.4, 0.5) is 0 Å².